The van der Waals surface area contributed by atoms with Gasteiger partial charge in [0.1, 0.15) is 11.5 Å². The second-order valence-corrected chi connectivity index (χ2v) is 6.52. The van der Waals surface area contributed by atoms with E-state index in [-0.39, 0.29) is 19.4 Å². The number of nitriles is 1. The normalized spacial score (nSPS) is 10.1. The van der Waals surface area contributed by atoms with Gasteiger partial charge in [-0.25, -0.2) is 0 Å². The number of methoxy groups -OCH3 is 1. The van der Waals surface area contributed by atoms with E-state index >= 15 is 0 Å². The van der Waals surface area contributed by atoms with Crippen LogP contribution in [0.1, 0.15) is 24.5 Å². The van der Waals surface area contributed by atoms with Crippen LogP contribution in [0, 0.1) is 18.3 Å². The molecule has 0 heterocycles. The van der Waals surface area contributed by atoms with Gasteiger partial charge in [-0.15, -0.1) is 0 Å². The third-order valence-corrected chi connectivity index (χ3v) is 4.39. The number of aryl methyl sites for hydroxylation is 1. The molecule has 2 aromatic rings. The highest BCUT2D eigenvalue weighted by Crippen LogP contribution is 2.21. The summed E-state index contributed by atoms with van der Waals surface area (Å²) in [5, 5.41) is 8.90. The fourth-order valence-electron chi connectivity index (χ4n) is 2.86. The number of carbonyl (C=O) groups is 2. The van der Waals surface area contributed by atoms with Crippen LogP contribution in [0.5, 0.6) is 11.5 Å². The van der Waals surface area contributed by atoms with E-state index in [2.05, 4.69) is 0 Å². The van der Waals surface area contributed by atoms with E-state index in [4.69, 9.17) is 19.5 Å². The quantitative estimate of drug-likeness (QED) is 0.558. The lowest BCUT2D eigenvalue weighted by Crippen LogP contribution is -2.35. The minimum atomic E-state index is -0.513. The van der Waals surface area contributed by atoms with E-state index in [1.54, 1.807) is 37.4 Å². The van der Waals surface area contributed by atoms with Gasteiger partial charge >= 0.3 is 5.97 Å². The number of hydrogen-bond acceptors (Lipinski definition) is 6. The molecule has 158 valence electrons. The summed E-state index contributed by atoms with van der Waals surface area (Å²) in [5.74, 6) is 0.467. The van der Waals surface area contributed by atoms with E-state index < -0.39 is 18.5 Å². The highest BCUT2D eigenvalue weighted by molar-refractivity contribution is 5.95. The SMILES string of the molecule is CCOc1ccc(N(CCC#N)C(=O)COC(=O)Cc2ccc(C)c(OC)c2)cc1. The zero-order valence-electron chi connectivity index (χ0n) is 17.5. The smallest absolute Gasteiger partial charge is 0.310 e. The maximum atomic E-state index is 12.7. The van der Waals surface area contributed by atoms with E-state index in [1.165, 1.54) is 4.90 Å². The first-order valence-electron chi connectivity index (χ1n) is 9.67. The second-order valence-electron chi connectivity index (χ2n) is 6.52. The molecule has 7 nitrogen and oxygen atoms in total. The van der Waals surface area contributed by atoms with Crippen LogP contribution in [0.4, 0.5) is 5.69 Å². The van der Waals surface area contributed by atoms with Gasteiger partial charge in [-0.3, -0.25) is 9.59 Å². The Labute approximate surface area is 176 Å². The van der Waals surface area contributed by atoms with Crippen LogP contribution >= 0.6 is 0 Å². The van der Waals surface area contributed by atoms with Crippen molar-refractivity contribution in [2.24, 2.45) is 0 Å². The van der Waals surface area contributed by atoms with Gasteiger partial charge in [0.05, 0.1) is 32.6 Å². The van der Waals surface area contributed by atoms with Crippen molar-refractivity contribution in [1.29, 1.82) is 5.26 Å². The fraction of sp³-hybridized carbons (Fsp3) is 0.348. The zero-order valence-corrected chi connectivity index (χ0v) is 17.5. The highest BCUT2D eigenvalue weighted by atomic mass is 16.5. The number of hydrogen-bond donors (Lipinski definition) is 0. The molecule has 7 heteroatoms. The van der Waals surface area contributed by atoms with Crippen LogP contribution in [-0.2, 0) is 20.7 Å². The number of esters is 1. The van der Waals surface area contributed by atoms with Crippen LogP contribution in [0.25, 0.3) is 0 Å². The molecule has 0 radical (unpaired) electrons. The van der Waals surface area contributed by atoms with Gasteiger partial charge in [-0.05, 0) is 55.3 Å². The van der Waals surface area contributed by atoms with Crippen molar-refractivity contribution in [3.05, 3.63) is 53.6 Å². The first-order chi connectivity index (χ1) is 14.5. The van der Waals surface area contributed by atoms with Crippen molar-refractivity contribution in [1.82, 2.24) is 0 Å². The molecule has 0 spiro atoms. The largest absolute Gasteiger partial charge is 0.496 e. The van der Waals surface area contributed by atoms with Crippen LogP contribution in [-0.4, -0.2) is 38.7 Å². The second kappa shape index (κ2) is 11.5. The van der Waals surface area contributed by atoms with E-state index in [0.717, 1.165) is 11.1 Å². The summed E-state index contributed by atoms with van der Waals surface area (Å²) in [5.41, 5.74) is 2.31. The lowest BCUT2D eigenvalue weighted by molar-refractivity contribution is -0.147. The Morgan fingerprint density at radius 2 is 1.87 bits per heavy atom. The predicted octanol–water partition coefficient (Wildman–Crippen LogP) is 3.43. The molecule has 0 bridgehead atoms. The van der Waals surface area contributed by atoms with Crippen molar-refractivity contribution in [3.8, 4) is 17.6 Å². The van der Waals surface area contributed by atoms with Gasteiger partial charge in [0, 0.05) is 12.2 Å². The van der Waals surface area contributed by atoms with Crippen molar-refractivity contribution in [2.75, 3.05) is 31.8 Å². The van der Waals surface area contributed by atoms with Crippen LogP contribution < -0.4 is 14.4 Å². The Bertz CT molecular complexity index is 903. The minimum absolute atomic E-state index is 0.0329. The number of amides is 1. The van der Waals surface area contributed by atoms with E-state index in [9.17, 15) is 9.59 Å². The number of benzene rings is 2. The predicted molar refractivity (Wildman–Crippen MR) is 113 cm³/mol. The Kier molecular flexibility index (Phi) is 8.70. The monoisotopic (exact) mass is 410 g/mol. The summed E-state index contributed by atoms with van der Waals surface area (Å²) in [6.45, 7) is 4.14. The summed E-state index contributed by atoms with van der Waals surface area (Å²) >= 11 is 0. The molecular weight excluding hydrogens is 384 g/mol. The fourth-order valence-corrected chi connectivity index (χ4v) is 2.86. The molecule has 0 aromatic heterocycles. The highest BCUT2D eigenvalue weighted by Gasteiger charge is 2.18. The van der Waals surface area contributed by atoms with Crippen molar-refractivity contribution >= 4 is 17.6 Å². The molecule has 2 aromatic carbocycles. The lowest BCUT2D eigenvalue weighted by atomic mass is 10.1. The number of rotatable bonds is 10. The minimum Gasteiger partial charge on any atom is -0.496 e. The molecule has 2 rings (SSSR count). The van der Waals surface area contributed by atoms with Crippen LogP contribution in [0.2, 0.25) is 0 Å². The molecule has 0 N–H and O–H groups in total. The molecule has 1 amide bonds. The number of nitrogens with zero attached hydrogens (tertiary/aromatic N) is 2. The van der Waals surface area contributed by atoms with Crippen LogP contribution in [0.15, 0.2) is 42.5 Å². The Hall–Kier alpha value is -3.53. The zero-order chi connectivity index (χ0) is 21.9. The van der Waals surface area contributed by atoms with Crippen molar-refractivity contribution in [3.63, 3.8) is 0 Å². The Morgan fingerprint density at radius 3 is 2.50 bits per heavy atom. The van der Waals surface area contributed by atoms with Gasteiger partial charge < -0.3 is 19.1 Å². The molecule has 0 saturated heterocycles. The average molecular weight is 410 g/mol. The summed E-state index contributed by atoms with van der Waals surface area (Å²) < 4.78 is 15.8. The summed E-state index contributed by atoms with van der Waals surface area (Å²) in [7, 11) is 1.57. The van der Waals surface area contributed by atoms with Gasteiger partial charge in [0.25, 0.3) is 5.91 Å². The summed E-state index contributed by atoms with van der Waals surface area (Å²) in [6, 6.07) is 14.5. The molecular formula is C23H26N2O5. The average Bonchev–Trinajstić information content (AvgIpc) is 2.75. The number of anilines is 1. The Balaban J connectivity index is 1.99. The summed E-state index contributed by atoms with van der Waals surface area (Å²) in [6.07, 6.45) is 0.196. The van der Waals surface area contributed by atoms with Crippen LogP contribution in [0.3, 0.4) is 0 Å². The maximum Gasteiger partial charge on any atom is 0.310 e. The van der Waals surface area contributed by atoms with Crippen molar-refractivity contribution < 1.29 is 23.8 Å². The molecule has 0 atom stereocenters. The molecule has 0 saturated carbocycles. The molecule has 30 heavy (non-hydrogen) atoms. The topological polar surface area (TPSA) is 88.9 Å². The van der Waals surface area contributed by atoms with Gasteiger partial charge in [0.15, 0.2) is 6.61 Å². The summed E-state index contributed by atoms with van der Waals surface area (Å²) in [4.78, 5) is 26.3. The first-order valence-corrected chi connectivity index (χ1v) is 9.67. The van der Waals surface area contributed by atoms with E-state index in [0.29, 0.717) is 23.8 Å². The van der Waals surface area contributed by atoms with Gasteiger partial charge in [0.2, 0.25) is 0 Å². The standard InChI is InChI=1S/C23H26N2O5/c1-4-29-20-10-8-19(9-11-20)25(13-5-12-24)22(26)16-30-23(27)15-18-7-6-17(2)21(14-18)28-3/h6-11,14H,4-5,13,15-16H2,1-3H3. The third kappa shape index (κ3) is 6.52. The molecule has 0 aliphatic carbocycles. The number of carbonyl (C=O) groups excluding carboxylic acids is 2. The molecule has 0 aliphatic heterocycles. The van der Waals surface area contributed by atoms with E-state index in [1.807, 2.05) is 32.0 Å². The Morgan fingerprint density at radius 1 is 1.13 bits per heavy atom. The lowest BCUT2D eigenvalue weighted by Gasteiger charge is -2.22. The number of ether oxygens (including phenoxy) is 3. The third-order valence-electron chi connectivity index (χ3n) is 4.39. The molecule has 0 fully saturated rings. The van der Waals surface area contributed by atoms with Gasteiger partial charge in [-0.1, -0.05) is 12.1 Å². The van der Waals surface area contributed by atoms with Crippen molar-refractivity contribution in [2.45, 2.75) is 26.7 Å². The molecule has 0 aliphatic rings. The molecule has 0 unspecified atom stereocenters. The van der Waals surface area contributed by atoms with Gasteiger partial charge in [-0.2, -0.15) is 5.26 Å². The maximum absolute atomic E-state index is 12.7. The first kappa shape index (κ1) is 22.8.